The molecule has 1 aromatic rings. The van der Waals surface area contributed by atoms with Crippen molar-refractivity contribution in [2.45, 2.75) is 26.4 Å². The van der Waals surface area contributed by atoms with E-state index >= 15 is 0 Å². The summed E-state index contributed by atoms with van der Waals surface area (Å²) in [4.78, 5) is 35.1. The van der Waals surface area contributed by atoms with Gasteiger partial charge in [0.2, 0.25) is 11.8 Å². The average molecular weight is 290 g/mol. The molecule has 0 aliphatic carbocycles. The standard InChI is InChI=1S/C15H18N2O4/c1-9(2)14(19)16-17-15(20)11-8-12(18)21-13(11)10-6-4-3-5-7-10/h3-7,9,11,13H,8H2,1-2H3,(H,16,19)(H,17,20)/t11-,13+/m0/s1. The van der Waals surface area contributed by atoms with Crippen molar-refractivity contribution in [3.63, 3.8) is 0 Å². The van der Waals surface area contributed by atoms with Gasteiger partial charge in [0.25, 0.3) is 0 Å². The first-order chi connectivity index (χ1) is 9.99. The molecule has 1 heterocycles. The fraction of sp³-hybridized carbons (Fsp3) is 0.400. The lowest BCUT2D eigenvalue weighted by molar-refractivity contribution is -0.142. The first-order valence-corrected chi connectivity index (χ1v) is 6.83. The molecule has 112 valence electrons. The van der Waals surface area contributed by atoms with Gasteiger partial charge >= 0.3 is 5.97 Å². The number of cyclic esters (lactones) is 1. The van der Waals surface area contributed by atoms with Crippen LogP contribution in [0.3, 0.4) is 0 Å². The van der Waals surface area contributed by atoms with E-state index in [0.717, 1.165) is 5.56 Å². The molecule has 6 nitrogen and oxygen atoms in total. The summed E-state index contributed by atoms with van der Waals surface area (Å²) in [5.74, 6) is -2.02. The number of benzene rings is 1. The van der Waals surface area contributed by atoms with E-state index in [1.165, 1.54) is 0 Å². The Morgan fingerprint density at radius 3 is 2.48 bits per heavy atom. The lowest BCUT2D eigenvalue weighted by atomic mass is 9.95. The Morgan fingerprint density at radius 1 is 1.19 bits per heavy atom. The van der Waals surface area contributed by atoms with Gasteiger partial charge in [-0.3, -0.25) is 25.2 Å². The number of carbonyl (C=O) groups is 3. The van der Waals surface area contributed by atoms with Crippen molar-refractivity contribution in [2.75, 3.05) is 0 Å². The summed E-state index contributed by atoms with van der Waals surface area (Å²) in [6.45, 7) is 3.44. The van der Waals surface area contributed by atoms with E-state index in [4.69, 9.17) is 4.74 Å². The smallest absolute Gasteiger partial charge is 0.307 e. The molecule has 0 saturated carbocycles. The minimum absolute atomic E-state index is 0.00292. The van der Waals surface area contributed by atoms with E-state index in [-0.39, 0.29) is 18.2 Å². The van der Waals surface area contributed by atoms with Crippen LogP contribution in [0, 0.1) is 11.8 Å². The minimum Gasteiger partial charge on any atom is -0.457 e. The molecule has 2 rings (SSSR count). The second-order valence-electron chi connectivity index (χ2n) is 5.26. The average Bonchev–Trinajstić information content (AvgIpc) is 2.87. The van der Waals surface area contributed by atoms with E-state index in [1.54, 1.807) is 26.0 Å². The van der Waals surface area contributed by atoms with Crippen molar-refractivity contribution < 1.29 is 19.1 Å². The quantitative estimate of drug-likeness (QED) is 0.645. The lowest BCUT2D eigenvalue weighted by Gasteiger charge is -2.18. The van der Waals surface area contributed by atoms with Gasteiger partial charge in [0, 0.05) is 5.92 Å². The number of hydrogen-bond acceptors (Lipinski definition) is 4. The summed E-state index contributed by atoms with van der Waals surface area (Å²) in [5, 5.41) is 0. The van der Waals surface area contributed by atoms with Gasteiger partial charge in [0.15, 0.2) is 0 Å². The number of nitrogens with one attached hydrogen (secondary N) is 2. The van der Waals surface area contributed by atoms with E-state index in [1.807, 2.05) is 18.2 Å². The van der Waals surface area contributed by atoms with Crippen LogP contribution in [0.1, 0.15) is 31.9 Å². The maximum atomic E-state index is 12.1. The number of ether oxygens (including phenoxy) is 1. The third-order valence-corrected chi connectivity index (χ3v) is 3.31. The van der Waals surface area contributed by atoms with Crippen LogP contribution < -0.4 is 10.9 Å². The fourth-order valence-electron chi connectivity index (χ4n) is 2.09. The molecule has 1 aromatic carbocycles. The third-order valence-electron chi connectivity index (χ3n) is 3.31. The topological polar surface area (TPSA) is 84.5 Å². The highest BCUT2D eigenvalue weighted by molar-refractivity contribution is 5.89. The zero-order chi connectivity index (χ0) is 15.4. The monoisotopic (exact) mass is 290 g/mol. The fourth-order valence-corrected chi connectivity index (χ4v) is 2.09. The number of esters is 1. The Bertz CT molecular complexity index is 542. The Morgan fingerprint density at radius 2 is 1.86 bits per heavy atom. The highest BCUT2D eigenvalue weighted by atomic mass is 16.6. The van der Waals surface area contributed by atoms with Gasteiger partial charge in [-0.15, -0.1) is 0 Å². The van der Waals surface area contributed by atoms with Crippen molar-refractivity contribution in [1.82, 2.24) is 10.9 Å². The number of rotatable bonds is 3. The van der Waals surface area contributed by atoms with Gasteiger partial charge in [-0.1, -0.05) is 44.2 Å². The van der Waals surface area contributed by atoms with Gasteiger partial charge < -0.3 is 4.74 Å². The summed E-state index contributed by atoms with van der Waals surface area (Å²) in [6.07, 6.45) is -0.613. The molecule has 6 heteroatoms. The molecule has 2 amide bonds. The van der Waals surface area contributed by atoms with Crippen LogP contribution >= 0.6 is 0 Å². The van der Waals surface area contributed by atoms with Crippen LogP contribution in [0.15, 0.2) is 30.3 Å². The summed E-state index contributed by atoms with van der Waals surface area (Å²) in [6, 6.07) is 9.08. The highest BCUT2D eigenvalue weighted by Gasteiger charge is 2.40. The summed E-state index contributed by atoms with van der Waals surface area (Å²) in [5.41, 5.74) is 5.46. The molecular formula is C15H18N2O4. The second-order valence-corrected chi connectivity index (χ2v) is 5.26. The molecule has 21 heavy (non-hydrogen) atoms. The van der Waals surface area contributed by atoms with Crippen LogP contribution in [0.2, 0.25) is 0 Å². The SMILES string of the molecule is CC(C)C(=O)NNC(=O)[C@H]1CC(=O)O[C@@H]1c1ccccc1. The molecule has 1 aliphatic rings. The van der Waals surface area contributed by atoms with Gasteiger partial charge in [-0.25, -0.2) is 0 Å². The third kappa shape index (κ3) is 3.59. The van der Waals surface area contributed by atoms with Crippen LogP contribution in [0.5, 0.6) is 0 Å². The van der Waals surface area contributed by atoms with Gasteiger partial charge in [-0.2, -0.15) is 0 Å². The van der Waals surface area contributed by atoms with Crippen LogP contribution in [0.25, 0.3) is 0 Å². The van der Waals surface area contributed by atoms with E-state index in [0.29, 0.717) is 0 Å². The number of amides is 2. The Hall–Kier alpha value is -2.37. The van der Waals surface area contributed by atoms with Gasteiger partial charge in [0.05, 0.1) is 12.3 Å². The molecule has 2 N–H and O–H groups in total. The maximum Gasteiger partial charge on any atom is 0.307 e. The normalized spacial score (nSPS) is 21.0. The van der Waals surface area contributed by atoms with Crippen molar-refractivity contribution in [2.24, 2.45) is 11.8 Å². The van der Waals surface area contributed by atoms with Crippen molar-refractivity contribution in [3.8, 4) is 0 Å². The molecular weight excluding hydrogens is 272 g/mol. The summed E-state index contributed by atoms with van der Waals surface area (Å²) >= 11 is 0. The predicted octanol–water partition coefficient (Wildman–Crippen LogP) is 1.09. The van der Waals surface area contributed by atoms with Crippen LogP contribution in [0.4, 0.5) is 0 Å². The zero-order valence-corrected chi connectivity index (χ0v) is 12.0. The number of hydrogen-bond donors (Lipinski definition) is 2. The number of carbonyl (C=O) groups excluding carboxylic acids is 3. The van der Waals surface area contributed by atoms with E-state index in [2.05, 4.69) is 10.9 Å². The van der Waals surface area contributed by atoms with Crippen molar-refractivity contribution in [1.29, 1.82) is 0 Å². The first kappa shape index (κ1) is 15.0. The van der Waals surface area contributed by atoms with Crippen molar-refractivity contribution in [3.05, 3.63) is 35.9 Å². The van der Waals surface area contributed by atoms with Gasteiger partial charge in [-0.05, 0) is 5.56 Å². The van der Waals surface area contributed by atoms with E-state index in [9.17, 15) is 14.4 Å². The van der Waals surface area contributed by atoms with E-state index < -0.39 is 23.9 Å². The molecule has 0 spiro atoms. The summed E-state index contributed by atoms with van der Waals surface area (Å²) < 4.78 is 5.22. The Kier molecular flexibility index (Phi) is 4.57. The van der Waals surface area contributed by atoms with Gasteiger partial charge in [0.1, 0.15) is 6.10 Å². The van der Waals surface area contributed by atoms with Crippen molar-refractivity contribution >= 4 is 17.8 Å². The zero-order valence-electron chi connectivity index (χ0n) is 12.0. The molecule has 1 aliphatic heterocycles. The summed E-state index contributed by atoms with van der Waals surface area (Å²) in [7, 11) is 0. The van der Waals surface area contributed by atoms with Crippen LogP contribution in [-0.4, -0.2) is 17.8 Å². The molecule has 0 radical (unpaired) electrons. The molecule has 2 atom stereocenters. The highest BCUT2D eigenvalue weighted by Crippen LogP contribution is 2.35. The lowest BCUT2D eigenvalue weighted by Crippen LogP contribution is -2.46. The molecule has 1 fully saturated rings. The van der Waals surface area contributed by atoms with Crippen LogP contribution in [-0.2, 0) is 19.1 Å². The Balaban J connectivity index is 2.04. The molecule has 0 bridgehead atoms. The first-order valence-electron chi connectivity index (χ1n) is 6.83. The predicted molar refractivity (Wildman–Crippen MR) is 74.5 cm³/mol. The maximum absolute atomic E-state index is 12.1. The Labute approximate surface area is 122 Å². The largest absolute Gasteiger partial charge is 0.457 e. The minimum atomic E-state index is -0.646. The molecule has 0 unspecified atom stereocenters. The second kappa shape index (κ2) is 6.39. The molecule has 0 aromatic heterocycles. The molecule has 1 saturated heterocycles. The number of hydrazine groups is 1.